The number of amides is 2. The molecular weight excluding hydrogens is 348 g/mol. The number of nitrogens with zero attached hydrogens (tertiary/aromatic N) is 3. The molecule has 1 aromatic carbocycles. The second kappa shape index (κ2) is 9.16. The number of carbonyl (C=O) groups excluding carboxylic acids is 2. The van der Waals surface area contributed by atoms with Crippen molar-refractivity contribution >= 4 is 12.0 Å². The maximum atomic E-state index is 12.2. The average molecular weight is 372 g/mol. The van der Waals surface area contributed by atoms with Crippen molar-refractivity contribution in [1.29, 1.82) is 0 Å². The van der Waals surface area contributed by atoms with E-state index in [1.807, 2.05) is 30.3 Å². The molecule has 0 radical (unpaired) electrons. The Labute approximate surface area is 157 Å². The second-order valence-corrected chi connectivity index (χ2v) is 6.39. The lowest BCUT2D eigenvalue weighted by Crippen LogP contribution is -2.46. The van der Waals surface area contributed by atoms with Gasteiger partial charge < -0.3 is 19.4 Å². The van der Waals surface area contributed by atoms with Gasteiger partial charge in [0.25, 0.3) is 0 Å². The molecule has 8 nitrogen and oxygen atoms in total. The fraction of sp³-hybridized carbons (Fsp3) is 0.474. The summed E-state index contributed by atoms with van der Waals surface area (Å²) >= 11 is 0. The molecule has 1 saturated heterocycles. The van der Waals surface area contributed by atoms with Gasteiger partial charge in [-0.2, -0.15) is 0 Å². The minimum atomic E-state index is -0.284. The van der Waals surface area contributed by atoms with Crippen molar-refractivity contribution in [3.8, 4) is 11.5 Å². The third kappa shape index (κ3) is 5.29. The van der Waals surface area contributed by atoms with Crippen LogP contribution in [-0.2, 0) is 16.0 Å². The highest BCUT2D eigenvalue weighted by Gasteiger charge is 2.24. The van der Waals surface area contributed by atoms with Crippen molar-refractivity contribution in [3.63, 3.8) is 0 Å². The van der Waals surface area contributed by atoms with Crippen LogP contribution in [0.25, 0.3) is 11.5 Å². The van der Waals surface area contributed by atoms with Gasteiger partial charge in [-0.15, -0.1) is 10.2 Å². The number of nitrogens with one attached hydrogen (secondary N) is 1. The van der Waals surface area contributed by atoms with Crippen LogP contribution in [0.4, 0.5) is 4.79 Å². The Kier molecular flexibility index (Phi) is 6.40. The Hall–Kier alpha value is -2.90. The summed E-state index contributed by atoms with van der Waals surface area (Å²) in [5.74, 6) is 0.850. The van der Waals surface area contributed by atoms with Crippen LogP contribution >= 0.6 is 0 Å². The third-order valence-corrected chi connectivity index (χ3v) is 4.44. The Morgan fingerprint density at radius 3 is 2.67 bits per heavy atom. The molecule has 1 N–H and O–H groups in total. The largest absolute Gasteiger partial charge is 0.450 e. The van der Waals surface area contributed by atoms with Crippen LogP contribution in [0.1, 0.15) is 32.1 Å². The standard InChI is InChI=1S/C19H24N4O4/c1-2-26-19(25)23-12-10-15(11-13-23)20-16(24)8-9-17-21-22-18(27-17)14-6-4-3-5-7-14/h3-7,15H,2,8-13H2,1H3,(H,20,24). The van der Waals surface area contributed by atoms with Crippen LogP contribution in [0.15, 0.2) is 34.7 Å². The molecule has 0 aliphatic carbocycles. The number of aryl methyl sites for hydroxylation is 1. The normalized spacial score (nSPS) is 14.8. The minimum absolute atomic E-state index is 0.0518. The summed E-state index contributed by atoms with van der Waals surface area (Å²) in [6.45, 7) is 3.34. The van der Waals surface area contributed by atoms with Crippen molar-refractivity contribution in [2.75, 3.05) is 19.7 Å². The highest BCUT2D eigenvalue weighted by atomic mass is 16.6. The monoisotopic (exact) mass is 372 g/mol. The van der Waals surface area contributed by atoms with E-state index >= 15 is 0 Å². The number of aromatic nitrogens is 2. The van der Waals surface area contributed by atoms with Crippen LogP contribution < -0.4 is 5.32 Å². The summed E-state index contributed by atoms with van der Waals surface area (Å²) in [6, 6.07) is 9.59. The molecule has 2 aromatic rings. The number of hydrogen-bond acceptors (Lipinski definition) is 6. The molecule has 0 atom stereocenters. The lowest BCUT2D eigenvalue weighted by Gasteiger charge is -2.31. The molecule has 1 fully saturated rings. The molecule has 0 unspecified atom stereocenters. The zero-order chi connectivity index (χ0) is 19.1. The van der Waals surface area contributed by atoms with E-state index in [9.17, 15) is 9.59 Å². The summed E-state index contributed by atoms with van der Waals surface area (Å²) in [5, 5.41) is 11.0. The van der Waals surface area contributed by atoms with Gasteiger partial charge in [0.1, 0.15) is 0 Å². The van der Waals surface area contributed by atoms with Gasteiger partial charge in [0.05, 0.1) is 6.61 Å². The Bertz CT molecular complexity index is 754. The maximum Gasteiger partial charge on any atom is 0.409 e. The predicted octanol–water partition coefficient (Wildman–Crippen LogP) is 2.41. The molecule has 2 heterocycles. The van der Waals surface area contributed by atoms with Crippen molar-refractivity contribution in [1.82, 2.24) is 20.4 Å². The van der Waals surface area contributed by atoms with Crippen molar-refractivity contribution in [3.05, 3.63) is 36.2 Å². The van der Waals surface area contributed by atoms with Gasteiger partial charge in [0.2, 0.25) is 17.7 Å². The lowest BCUT2D eigenvalue weighted by atomic mass is 10.1. The number of likely N-dealkylation sites (tertiary alicyclic amines) is 1. The second-order valence-electron chi connectivity index (χ2n) is 6.39. The molecule has 1 aromatic heterocycles. The summed E-state index contributed by atoms with van der Waals surface area (Å²) in [4.78, 5) is 25.5. The number of carbonyl (C=O) groups is 2. The van der Waals surface area contributed by atoms with E-state index in [2.05, 4.69) is 15.5 Å². The van der Waals surface area contributed by atoms with E-state index in [0.717, 1.165) is 18.4 Å². The van der Waals surface area contributed by atoms with Gasteiger partial charge in [-0.3, -0.25) is 4.79 Å². The smallest absolute Gasteiger partial charge is 0.409 e. The van der Waals surface area contributed by atoms with Crippen molar-refractivity contribution in [2.45, 2.75) is 38.6 Å². The molecule has 0 saturated carbocycles. The summed E-state index contributed by atoms with van der Waals surface area (Å²) in [6.07, 6.45) is 1.85. The van der Waals surface area contributed by atoms with E-state index in [1.54, 1.807) is 11.8 Å². The highest BCUT2D eigenvalue weighted by Crippen LogP contribution is 2.17. The average Bonchev–Trinajstić information content (AvgIpc) is 3.17. The van der Waals surface area contributed by atoms with Crippen LogP contribution in [0, 0.1) is 0 Å². The van der Waals surface area contributed by atoms with Crippen LogP contribution in [0.2, 0.25) is 0 Å². The van der Waals surface area contributed by atoms with Gasteiger partial charge in [-0.1, -0.05) is 18.2 Å². The van der Waals surface area contributed by atoms with Gasteiger partial charge in [0, 0.05) is 37.5 Å². The van der Waals surface area contributed by atoms with Crippen LogP contribution in [0.3, 0.4) is 0 Å². The third-order valence-electron chi connectivity index (χ3n) is 4.44. The maximum absolute atomic E-state index is 12.2. The Morgan fingerprint density at radius 1 is 1.22 bits per heavy atom. The Morgan fingerprint density at radius 2 is 1.96 bits per heavy atom. The zero-order valence-corrected chi connectivity index (χ0v) is 15.4. The SMILES string of the molecule is CCOC(=O)N1CCC(NC(=O)CCc2nnc(-c3ccccc3)o2)CC1. The first-order valence-electron chi connectivity index (χ1n) is 9.24. The molecule has 27 heavy (non-hydrogen) atoms. The summed E-state index contributed by atoms with van der Waals surface area (Å²) in [5.41, 5.74) is 0.856. The van der Waals surface area contributed by atoms with E-state index < -0.39 is 0 Å². The number of ether oxygens (including phenoxy) is 1. The number of rotatable bonds is 6. The molecule has 0 bridgehead atoms. The molecule has 3 rings (SSSR count). The molecule has 8 heteroatoms. The molecule has 0 spiro atoms. The number of hydrogen-bond donors (Lipinski definition) is 1. The Balaban J connectivity index is 1.41. The molecule has 1 aliphatic heterocycles. The van der Waals surface area contributed by atoms with Crippen LogP contribution in [0.5, 0.6) is 0 Å². The van der Waals surface area contributed by atoms with E-state index in [4.69, 9.17) is 9.15 Å². The first kappa shape index (κ1) is 18.9. The highest BCUT2D eigenvalue weighted by molar-refractivity contribution is 5.76. The van der Waals surface area contributed by atoms with E-state index in [1.165, 1.54) is 0 Å². The summed E-state index contributed by atoms with van der Waals surface area (Å²) < 4.78 is 10.6. The molecule has 144 valence electrons. The molecule has 1 aliphatic rings. The number of benzene rings is 1. The van der Waals surface area contributed by atoms with E-state index in [-0.39, 0.29) is 24.5 Å². The van der Waals surface area contributed by atoms with Crippen LogP contribution in [-0.4, -0.2) is 52.8 Å². The van der Waals surface area contributed by atoms with Gasteiger partial charge in [-0.25, -0.2) is 4.79 Å². The van der Waals surface area contributed by atoms with Crippen molar-refractivity contribution < 1.29 is 18.7 Å². The fourth-order valence-corrected chi connectivity index (χ4v) is 2.99. The fourth-order valence-electron chi connectivity index (χ4n) is 2.99. The number of piperidine rings is 1. The van der Waals surface area contributed by atoms with E-state index in [0.29, 0.717) is 37.9 Å². The first-order valence-corrected chi connectivity index (χ1v) is 9.24. The quantitative estimate of drug-likeness (QED) is 0.836. The summed E-state index contributed by atoms with van der Waals surface area (Å²) in [7, 11) is 0. The predicted molar refractivity (Wildman–Crippen MR) is 97.8 cm³/mol. The first-order chi connectivity index (χ1) is 13.2. The zero-order valence-electron chi connectivity index (χ0n) is 15.4. The van der Waals surface area contributed by atoms with Gasteiger partial charge in [-0.05, 0) is 31.9 Å². The molecular formula is C19H24N4O4. The van der Waals surface area contributed by atoms with Gasteiger partial charge >= 0.3 is 6.09 Å². The topological polar surface area (TPSA) is 97.6 Å². The van der Waals surface area contributed by atoms with Crippen molar-refractivity contribution in [2.24, 2.45) is 0 Å². The lowest BCUT2D eigenvalue weighted by molar-refractivity contribution is -0.122. The minimum Gasteiger partial charge on any atom is -0.450 e. The van der Waals surface area contributed by atoms with Gasteiger partial charge in [0.15, 0.2) is 0 Å². The molecule has 2 amide bonds.